The van der Waals surface area contributed by atoms with Gasteiger partial charge in [-0.2, -0.15) is 0 Å². The molecule has 1 fully saturated rings. The number of benzene rings is 1. The predicted molar refractivity (Wildman–Crippen MR) is 134 cm³/mol. The summed E-state index contributed by atoms with van der Waals surface area (Å²) < 4.78 is 22.7. The quantitative estimate of drug-likeness (QED) is 0.248. The first-order valence-electron chi connectivity index (χ1n) is 10.3. The third kappa shape index (κ3) is 8.22. The average Bonchev–Trinajstić information content (AvgIpc) is 2.76. The molecule has 0 amide bonds. The van der Waals surface area contributed by atoms with Crippen LogP contribution in [-0.2, 0) is 10.8 Å². The summed E-state index contributed by atoms with van der Waals surface area (Å²) in [5, 5.41) is 17.6. The Hall–Kier alpha value is -1.07. The molecule has 1 saturated carbocycles. The van der Waals surface area contributed by atoms with Crippen molar-refractivity contribution >= 4 is 40.7 Å². The number of aliphatic imine (C=N–C) groups is 1. The van der Waals surface area contributed by atoms with E-state index < -0.39 is 16.9 Å². The lowest BCUT2D eigenvalue weighted by Gasteiger charge is -2.30. The van der Waals surface area contributed by atoms with Gasteiger partial charge in [-0.3, -0.25) is 9.20 Å². The molecule has 0 saturated heterocycles. The van der Waals surface area contributed by atoms with Gasteiger partial charge in [0.2, 0.25) is 0 Å². The van der Waals surface area contributed by atoms with Crippen LogP contribution in [0.15, 0.2) is 23.2 Å². The van der Waals surface area contributed by atoms with Gasteiger partial charge >= 0.3 is 0 Å². The van der Waals surface area contributed by atoms with E-state index in [0.29, 0.717) is 28.8 Å². The molecule has 1 aromatic carbocycles. The van der Waals surface area contributed by atoms with E-state index in [0.717, 1.165) is 32.2 Å². The predicted octanol–water partition coefficient (Wildman–Crippen LogP) is 2.99. The molecule has 4 atom stereocenters. The van der Waals surface area contributed by atoms with Crippen molar-refractivity contribution in [3.63, 3.8) is 0 Å². The molecule has 1 aliphatic rings. The van der Waals surface area contributed by atoms with Crippen LogP contribution in [0.4, 0.5) is 0 Å². The Kier molecular flexibility index (Phi) is 12.7. The van der Waals surface area contributed by atoms with Crippen molar-refractivity contribution in [2.75, 3.05) is 33.1 Å². The number of hydrogen-bond acceptors (Lipinski definition) is 5. The van der Waals surface area contributed by atoms with Crippen molar-refractivity contribution in [2.45, 2.75) is 56.9 Å². The second-order valence-corrected chi connectivity index (χ2v) is 9.19. The number of halogens is 1. The molecule has 0 bridgehead atoms. The van der Waals surface area contributed by atoms with Crippen molar-refractivity contribution in [3.8, 4) is 11.5 Å². The summed E-state index contributed by atoms with van der Waals surface area (Å²) in [6.45, 7) is 4.93. The van der Waals surface area contributed by atoms with Crippen molar-refractivity contribution in [3.05, 3.63) is 23.8 Å². The van der Waals surface area contributed by atoms with Crippen LogP contribution in [-0.4, -0.2) is 59.6 Å². The number of methoxy groups -OCH3 is 2. The maximum atomic E-state index is 12.2. The molecule has 7 nitrogen and oxygen atoms in total. The van der Waals surface area contributed by atoms with E-state index in [1.807, 2.05) is 13.8 Å². The van der Waals surface area contributed by atoms with Crippen LogP contribution in [0.25, 0.3) is 0 Å². The zero-order chi connectivity index (χ0) is 21.2. The molecule has 172 valence electrons. The lowest BCUT2D eigenvalue weighted by molar-refractivity contribution is 0.186. The summed E-state index contributed by atoms with van der Waals surface area (Å²) in [7, 11) is 2.41. The van der Waals surface area contributed by atoms with E-state index in [9.17, 15) is 9.32 Å². The maximum Gasteiger partial charge on any atom is 0.191 e. The fraction of sp³-hybridized carbons (Fsp3) is 0.667. The zero-order valence-corrected chi connectivity index (χ0v) is 21.5. The lowest BCUT2D eigenvalue weighted by Crippen LogP contribution is -2.46. The van der Waals surface area contributed by atoms with Crippen molar-refractivity contribution in [2.24, 2.45) is 4.99 Å². The number of hydrogen-bond donors (Lipinski definition) is 3. The van der Waals surface area contributed by atoms with Crippen molar-refractivity contribution < 1.29 is 18.8 Å². The normalized spacial score (nSPS) is 21.2. The van der Waals surface area contributed by atoms with Crippen LogP contribution >= 0.6 is 24.0 Å². The average molecular weight is 554 g/mol. The first-order valence-corrected chi connectivity index (χ1v) is 11.7. The number of guanidine groups is 1. The molecule has 0 aliphatic heterocycles. The third-order valence-corrected chi connectivity index (χ3v) is 6.89. The van der Waals surface area contributed by atoms with E-state index in [1.165, 1.54) is 0 Å². The molecule has 9 heteroatoms. The molecule has 3 N–H and O–H groups in total. The van der Waals surface area contributed by atoms with Gasteiger partial charge in [-0.25, -0.2) is 0 Å². The van der Waals surface area contributed by atoms with Gasteiger partial charge < -0.3 is 25.2 Å². The molecule has 30 heavy (non-hydrogen) atoms. The highest BCUT2D eigenvalue weighted by Crippen LogP contribution is 2.27. The van der Waals surface area contributed by atoms with E-state index in [1.54, 1.807) is 32.4 Å². The molecule has 0 heterocycles. The van der Waals surface area contributed by atoms with Crippen molar-refractivity contribution in [1.82, 2.24) is 10.6 Å². The minimum atomic E-state index is -0.777. The highest BCUT2D eigenvalue weighted by molar-refractivity contribution is 14.0. The van der Waals surface area contributed by atoms with Crippen LogP contribution < -0.4 is 20.1 Å². The topological polar surface area (TPSA) is 92.2 Å². The lowest BCUT2D eigenvalue weighted by atomic mass is 9.95. The second-order valence-electron chi connectivity index (χ2n) is 7.18. The van der Waals surface area contributed by atoms with Gasteiger partial charge in [-0.05, 0) is 43.9 Å². The molecule has 2 rings (SSSR count). The van der Waals surface area contributed by atoms with Gasteiger partial charge in [-0.15, -0.1) is 24.0 Å². The highest BCUT2D eigenvalue weighted by atomic mass is 127. The largest absolute Gasteiger partial charge is 0.497 e. The summed E-state index contributed by atoms with van der Waals surface area (Å²) in [5.74, 6) is 2.64. The Morgan fingerprint density at radius 3 is 2.47 bits per heavy atom. The van der Waals surface area contributed by atoms with Gasteiger partial charge in [0, 0.05) is 40.5 Å². The van der Waals surface area contributed by atoms with Crippen molar-refractivity contribution in [1.29, 1.82) is 0 Å². The number of ether oxygens (including phenoxy) is 2. The van der Waals surface area contributed by atoms with E-state index in [4.69, 9.17) is 9.47 Å². The minimum Gasteiger partial charge on any atom is -0.497 e. The summed E-state index contributed by atoms with van der Waals surface area (Å²) in [6.07, 6.45) is 3.25. The smallest absolute Gasteiger partial charge is 0.191 e. The number of aliphatic hydroxyl groups is 1. The molecule has 0 radical (unpaired) electrons. The maximum absolute atomic E-state index is 12.2. The summed E-state index contributed by atoms with van der Waals surface area (Å²) in [6, 6.07) is 5.59. The molecule has 1 aliphatic carbocycles. The summed E-state index contributed by atoms with van der Waals surface area (Å²) in [4.78, 5) is 4.57. The summed E-state index contributed by atoms with van der Waals surface area (Å²) in [5.41, 5.74) is 0.692. The Morgan fingerprint density at radius 1 is 1.23 bits per heavy atom. The standard InChI is InChI=1S/C21H35N3O4S.HI/c1-5-22-21(24-16-8-7-9-19(12-16)29(26)6-2)23-14-20(25)15-10-17(27-3)13-18(11-15)28-4;/h10-11,13,16,19-20,25H,5-9,12,14H2,1-4H3,(H2,22,23,24);1H. The van der Waals surface area contributed by atoms with Gasteiger partial charge in [-0.1, -0.05) is 13.3 Å². The number of aliphatic hydroxyl groups excluding tert-OH is 1. The fourth-order valence-corrected chi connectivity index (χ4v) is 4.92. The number of nitrogens with zero attached hydrogens (tertiary/aromatic N) is 1. The molecule has 0 spiro atoms. The van der Waals surface area contributed by atoms with Crippen LogP contribution in [0.2, 0.25) is 0 Å². The molecule has 4 unspecified atom stereocenters. The van der Waals surface area contributed by atoms with Crippen LogP contribution in [0.3, 0.4) is 0 Å². The van der Waals surface area contributed by atoms with E-state index in [2.05, 4.69) is 15.6 Å². The first kappa shape index (κ1) is 27.0. The zero-order valence-electron chi connectivity index (χ0n) is 18.3. The third-order valence-electron chi connectivity index (χ3n) is 5.15. The van der Waals surface area contributed by atoms with Gasteiger partial charge in [0.05, 0.1) is 26.9 Å². The van der Waals surface area contributed by atoms with Crippen LogP contribution in [0, 0.1) is 0 Å². The first-order chi connectivity index (χ1) is 14.0. The second kappa shape index (κ2) is 14.1. The Balaban J connectivity index is 0.00000450. The van der Waals surface area contributed by atoms with E-state index >= 15 is 0 Å². The molecule has 0 aromatic heterocycles. The highest BCUT2D eigenvalue weighted by Gasteiger charge is 2.26. The van der Waals surface area contributed by atoms with Crippen LogP contribution in [0.5, 0.6) is 11.5 Å². The SMILES string of the molecule is CCNC(=NCC(O)c1cc(OC)cc(OC)c1)NC1CCCC(S(=O)CC)C1.I. The molecular formula is C21H36IN3O4S. The fourth-order valence-electron chi connectivity index (χ4n) is 3.57. The molecular weight excluding hydrogens is 517 g/mol. The van der Waals surface area contributed by atoms with Gasteiger partial charge in [0.15, 0.2) is 5.96 Å². The van der Waals surface area contributed by atoms with Gasteiger partial charge in [0.25, 0.3) is 0 Å². The Morgan fingerprint density at radius 2 is 1.90 bits per heavy atom. The number of rotatable bonds is 9. The Labute approximate surface area is 199 Å². The minimum absolute atomic E-state index is 0. The van der Waals surface area contributed by atoms with Crippen LogP contribution in [0.1, 0.15) is 51.2 Å². The Bertz CT molecular complexity index is 683. The van der Waals surface area contributed by atoms with Gasteiger partial charge in [0.1, 0.15) is 11.5 Å². The summed E-state index contributed by atoms with van der Waals surface area (Å²) >= 11 is 0. The number of nitrogens with one attached hydrogen (secondary N) is 2. The monoisotopic (exact) mass is 553 g/mol. The van der Waals surface area contributed by atoms with E-state index in [-0.39, 0.29) is 41.8 Å². The molecule has 1 aromatic rings.